The molecule has 0 aromatic heterocycles. The third kappa shape index (κ3) is 2.87. The number of carbonyl (C=O) groups is 3. The van der Waals surface area contributed by atoms with Gasteiger partial charge < -0.3 is 20.3 Å². The molecule has 4 heterocycles. The van der Waals surface area contributed by atoms with Crippen molar-refractivity contribution in [1.29, 1.82) is 0 Å². The van der Waals surface area contributed by atoms with E-state index in [0.29, 0.717) is 18.1 Å². The van der Waals surface area contributed by atoms with Gasteiger partial charge in [-0.3, -0.25) is 9.59 Å². The normalized spacial score (nSPS) is 36.0. The van der Waals surface area contributed by atoms with Gasteiger partial charge in [-0.1, -0.05) is 6.42 Å². The standard InChI is InChI=1S/C16H21N3O4S/c20-13-7-10-11(5-6-19(10)13)23-14(21)4-2-1-3-12-15-9(8-24-12)17-16(22)18-15/h5-6,9-12,15H,1-4,7-8H2,(H2,17,18,22)/t9-,10?,11?,12-,15-/m0/s1. The molecule has 0 aliphatic carbocycles. The zero-order valence-corrected chi connectivity index (χ0v) is 14.1. The highest BCUT2D eigenvalue weighted by Crippen LogP contribution is 2.33. The third-order valence-electron chi connectivity index (χ3n) is 5.17. The minimum absolute atomic E-state index is 0.0201. The molecule has 7 nitrogen and oxygen atoms in total. The number of β-lactam (4-membered cyclic amide) rings is 1. The molecule has 2 unspecified atom stereocenters. The second-order valence-electron chi connectivity index (χ2n) is 6.74. The fourth-order valence-corrected chi connectivity index (χ4v) is 5.36. The summed E-state index contributed by atoms with van der Waals surface area (Å²) >= 11 is 1.89. The molecule has 0 bridgehead atoms. The molecule has 0 aromatic carbocycles. The average Bonchev–Trinajstić information content (AvgIpc) is 3.17. The molecule has 0 saturated carbocycles. The van der Waals surface area contributed by atoms with Crippen molar-refractivity contribution >= 4 is 29.7 Å². The molecule has 0 spiro atoms. The van der Waals surface area contributed by atoms with Crippen LogP contribution in [-0.4, -0.2) is 58.0 Å². The van der Waals surface area contributed by atoms with Crippen LogP contribution < -0.4 is 10.6 Å². The summed E-state index contributed by atoms with van der Waals surface area (Å²) in [6, 6.07) is 0.429. The second kappa shape index (κ2) is 6.31. The highest BCUT2D eigenvalue weighted by atomic mass is 32.2. The first-order valence-electron chi connectivity index (χ1n) is 8.49. The minimum Gasteiger partial charge on any atom is -0.456 e. The van der Waals surface area contributed by atoms with Crippen molar-refractivity contribution in [1.82, 2.24) is 15.5 Å². The average molecular weight is 351 g/mol. The molecule has 3 fully saturated rings. The number of hydrogen-bond acceptors (Lipinski definition) is 5. The zero-order chi connectivity index (χ0) is 16.7. The van der Waals surface area contributed by atoms with E-state index in [9.17, 15) is 14.4 Å². The maximum Gasteiger partial charge on any atom is 0.315 e. The third-order valence-corrected chi connectivity index (χ3v) is 6.68. The number of unbranched alkanes of at least 4 members (excludes halogenated alkanes) is 1. The predicted octanol–water partition coefficient (Wildman–Crippen LogP) is 0.752. The van der Waals surface area contributed by atoms with Crippen LogP contribution in [-0.2, 0) is 14.3 Å². The number of thioether (sulfide) groups is 1. The smallest absolute Gasteiger partial charge is 0.315 e. The van der Waals surface area contributed by atoms with E-state index in [2.05, 4.69) is 10.6 Å². The predicted molar refractivity (Wildman–Crippen MR) is 88.2 cm³/mol. The zero-order valence-electron chi connectivity index (χ0n) is 13.3. The highest BCUT2D eigenvalue weighted by molar-refractivity contribution is 8.00. The monoisotopic (exact) mass is 351 g/mol. The summed E-state index contributed by atoms with van der Waals surface area (Å²) < 4.78 is 5.46. The molecule has 0 aromatic rings. The maximum absolute atomic E-state index is 11.9. The van der Waals surface area contributed by atoms with Crippen molar-refractivity contribution in [2.75, 3.05) is 5.75 Å². The summed E-state index contributed by atoms with van der Waals surface area (Å²) in [5.74, 6) is 0.857. The van der Waals surface area contributed by atoms with Gasteiger partial charge in [0.25, 0.3) is 0 Å². The van der Waals surface area contributed by atoms with Gasteiger partial charge >= 0.3 is 12.0 Å². The Hall–Kier alpha value is -1.70. The molecule has 8 heteroatoms. The molecular weight excluding hydrogens is 330 g/mol. The number of rotatable bonds is 6. The van der Waals surface area contributed by atoms with E-state index in [-0.39, 0.29) is 42.1 Å². The van der Waals surface area contributed by atoms with Crippen LogP contribution in [0.5, 0.6) is 0 Å². The van der Waals surface area contributed by atoms with Crippen molar-refractivity contribution in [3.8, 4) is 0 Å². The fourth-order valence-electron chi connectivity index (χ4n) is 3.82. The van der Waals surface area contributed by atoms with E-state index in [4.69, 9.17) is 4.74 Å². The number of amides is 3. The van der Waals surface area contributed by atoms with Crippen LogP contribution in [0.2, 0.25) is 0 Å². The summed E-state index contributed by atoms with van der Waals surface area (Å²) in [5, 5.41) is 6.34. The number of nitrogens with one attached hydrogen (secondary N) is 2. The number of esters is 1. The first-order valence-corrected chi connectivity index (χ1v) is 9.54. The fraction of sp³-hybridized carbons (Fsp3) is 0.688. The Bertz CT molecular complexity index is 596. The van der Waals surface area contributed by atoms with E-state index >= 15 is 0 Å². The van der Waals surface area contributed by atoms with Crippen molar-refractivity contribution in [3.63, 3.8) is 0 Å². The summed E-state index contributed by atoms with van der Waals surface area (Å²) in [7, 11) is 0. The lowest BCUT2D eigenvalue weighted by molar-refractivity contribution is -0.156. The van der Waals surface area contributed by atoms with Gasteiger partial charge in [-0.25, -0.2) is 4.79 Å². The molecule has 5 atom stereocenters. The molecule has 3 amide bonds. The van der Waals surface area contributed by atoms with Crippen LogP contribution in [0.4, 0.5) is 4.79 Å². The van der Waals surface area contributed by atoms with Crippen LogP contribution in [0.3, 0.4) is 0 Å². The molecule has 4 aliphatic heterocycles. The minimum atomic E-state index is -0.277. The molecule has 4 aliphatic rings. The van der Waals surface area contributed by atoms with Gasteiger partial charge in [-0.15, -0.1) is 0 Å². The Morgan fingerprint density at radius 2 is 2.21 bits per heavy atom. The Balaban J connectivity index is 1.13. The first-order chi connectivity index (χ1) is 11.6. The number of hydrogen-bond donors (Lipinski definition) is 2. The Labute approximate surface area is 144 Å². The van der Waals surface area contributed by atoms with Gasteiger partial charge in [0.15, 0.2) is 0 Å². The summed E-state index contributed by atoms with van der Waals surface area (Å²) in [6.45, 7) is 0. The van der Waals surface area contributed by atoms with E-state index in [0.717, 1.165) is 25.0 Å². The van der Waals surface area contributed by atoms with Crippen LogP contribution in [0, 0.1) is 0 Å². The van der Waals surface area contributed by atoms with Gasteiger partial charge in [-0.2, -0.15) is 11.8 Å². The van der Waals surface area contributed by atoms with Crippen LogP contribution >= 0.6 is 11.8 Å². The Kier molecular flexibility index (Phi) is 4.15. The van der Waals surface area contributed by atoms with Gasteiger partial charge in [0.05, 0.1) is 24.5 Å². The molecule has 24 heavy (non-hydrogen) atoms. The number of nitrogens with zero attached hydrogens (tertiary/aromatic N) is 1. The van der Waals surface area contributed by atoms with Crippen LogP contribution in [0.25, 0.3) is 0 Å². The first kappa shape index (κ1) is 15.8. The Morgan fingerprint density at radius 3 is 3.00 bits per heavy atom. The summed E-state index contributed by atoms with van der Waals surface area (Å²) in [4.78, 5) is 36.2. The SMILES string of the molecule is O=C1N[C@H]2[C@H](CS[C@H]2CCCCC(=O)OC2C=CN3C(=O)CC23)N1. The van der Waals surface area contributed by atoms with Crippen LogP contribution in [0.15, 0.2) is 12.3 Å². The van der Waals surface area contributed by atoms with E-state index in [1.807, 2.05) is 11.8 Å². The lowest BCUT2D eigenvalue weighted by Crippen LogP contribution is -2.52. The maximum atomic E-state index is 11.9. The van der Waals surface area contributed by atoms with Crippen LogP contribution in [0.1, 0.15) is 32.1 Å². The highest BCUT2D eigenvalue weighted by Gasteiger charge is 2.45. The number of ether oxygens (including phenoxy) is 1. The van der Waals surface area contributed by atoms with Crippen molar-refractivity contribution in [3.05, 3.63) is 12.3 Å². The summed E-state index contributed by atoms with van der Waals surface area (Å²) in [6.07, 6.45) is 6.83. The largest absolute Gasteiger partial charge is 0.456 e. The van der Waals surface area contributed by atoms with Crippen molar-refractivity contribution < 1.29 is 19.1 Å². The molecule has 3 saturated heterocycles. The molecular formula is C16H21N3O4S. The van der Waals surface area contributed by atoms with Gasteiger partial charge in [0, 0.05) is 23.6 Å². The molecule has 4 rings (SSSR count). The van der Waals surface area contributed by atoms with E-state index < -0.39 is 0 Å². The van der Waals surface area contributed by atoms with Gasteiger partial charge in [0.2, 0.25) is 5.91 Å². The van der Waals surface area contributed by atoms with Crippen molar-refractivity contribution in [2.45, 2.75) is 61.6 Å². The van der Waals surface area contributed by atoms with E-state index in [1.54, 1.807) is 17.2 Å². The topological polar surface area (TPSA) is 87.7 Å². The number of carbonyl (C=O) groups excluding carboxylic acids is 3. The lowest BCUT2D eigenvalue weighted by atomic mass is 10.0. The lowest BCUT2D eigenvalue weighted by Gasteiger charge is -2.36. The molecule has 0 radical (unpaired) electrons. The molecule has 130 valence electrons. The number of fused-ring (bicyclic) bond motifs is 2. The second-order valence-corrected chi connectivity index (χ2v) is 8.01. The quantitative estimate of drug-likeness (QED) is 0.319. The van der Waals surface area contributed by atoms with Gasteiger partial charge in [0.1, 0.15) is 6.10 Å². The van der Waals surface area contributed by atoms with E-state index in [1.165, 1.54) is 0 Å². The van der Waals surface area contributed by atoms with Crippen molar-refractivity contribution in [2.24, 2.45) is 0 Å². The Morgan fingerprint density at radius 1 is 1.33 bits per heavy atom. The molecule has 2 N–H and O–H groups in total. The summed E-state index contributed by atoms with van der Waals surface area (Å²) in [5.41, 5.74) is 0. The number of urea groups is 1. The van der Waals surface area contributed by atoms with Gasteiger partial charge in [-0.05, 0) is 18.9 Å².